The first-order chi connectivity index (χ1) is 14.6. The SMILES string of the molecule is CCCCCCC(CCCC)CN1[C@H](CC)CN(CCC(C)CCCC)C[C@@H]1CC. The highest BCUT2D eigenvalue weighted by Gasteiger charge is 2.33. The van der Waals surface area contributed by atoms with Crippen LogP contribution in [0.3, 0.4) is 0 Å². The largest absolute Gasteiger partial charge is 0.300 e. The third-order valence-corrected chi connectivity index (χ3v) is 7.71. The van der Waals surface area contributed by atoms with Crippen molar-refractivity contribution in [2.45, 2.75) is 144 Å². The summed E-state index contributed by atoms with van der Waals surface area (Å²) in [7, 11) is 0. The zero-order valence-corrected chi connectivity index (χ0v) is 21.9. The van der Waals surface area contributed by atoms with Gasteiger partial charge in [0.2, 0.25) is 0 Å². The summed E-state index contributed by atoms with van der Waals surface area (Å²) in [5.41, 5.74) is 0. The van der Waals surface area contributed by atoms with E-state index < -0.39 is 0 Å². The maximum Gasteiger partial charge on any atom is 0.0224 e. The van der Waals surface area contributed by atoms with Crippen molar-refractivity contribution < 1.29 is 0 Å². The quantitative estimate of drug-likeness (QED) is 0.206. The lowest BCUT2D eigenvalue weighted by Gasteiger charge is -2.48. The predicted molar refractivity (Wildman–Crippen MR) is 136 cm³/mol. The molecule has 1 rings (SSSR count). The van der Waals surface area contributed by atoms with Crippen LogP contribution in [0.5, 0.6) is 0 Å². The Morgan fingerprint density at radius 1 is 0.667 bits per heavy atom. The molecular weight excluding hydrogens is 364 g/mol. The van der Waals surface area contributed by atoms with Gasteiger partial charge in [0.25, 0.3) is 0 Å². The van der Waals surface area contributed by atoms with Crippen LogP contribution < -0.4 is 0 Å². The fourth-order valence-corrected chi connectivity index (χ4v) is 5.46. The van der Waals surface area contributed by atoms with E-state index in [0.717, 1.165) is 23.9 Å². The zero-order valence-electron chi connectivity index (χ0n) is 21.9. The summed E-state index contributed by atoms with van der Waals surface area (Å²) in [5.74, 6) is 1.81. The molecule has 0 bridgehead atoms. The molecule has 2 nitrogen and oxygen atoms in total. The molecule has 1 fully saturated rings. The molecule has 0 aliphatic carbocycles. The van der Waals surface area contributed by atoms with E-state index in [9.17, 15) is 0 Å². The number of piperazine rings is 1. The van der Waals surface area contributed by atoms with Crippen molar-refractivity contribution in [2.75, 3.05) is 26.2 Å². The lowest BCUT2D eigenvalue weighted by molar-refractivity contribution is 0.00480. The van der Waals surface area contributed by atoms with Gasteiger partial charge in [-0.3, -0.25) is 4.90 Å². The predicted octanol–water partition coefficient (Wildman–Crippen LogP) is 8.15. The van der Waals surface area contributed by atoms with Crippen LogP contribution in [0.1, 0.15) is 131 Å². The summed E-state index contributed by atoms with van der Waals surface area (Å²) in [6, 6.07) is 1.55. The highest BCUT2D eigenvalue weighted by atomic mass is 15.3. The first-order valence-corrected chi connectivity index (χ1v) is 14.1. The number of unbranched alkanes of at least 4 members (excludes halogenated alkanes) is 5. The van der Waals surface area contributed by atoms with Crippen LogP contribution in [0.2, 0.25) is 0 Å². The van der Waals surface area contributed by atoms with Gasteiger partial charge in [0, 0.05) is 31.7 Å². The Labute approximate surface area is 191 Å². The standard InChI is InChI=1S/C28H58N2/c1-7-12-15-16-19-26(18-14-9-3)22-30-27(10-4)23-29(24-28(30)11-5)21-20-25(6)17-13-8-2/h25-28H,7-24H2,1-6H3/t25?,26?,27-,28+. The van der Waals surface area contributed by atoms with Crippen LogP contribution in [0.15, 0.2) is 0 Å². The van der Waals surface area contributed by atoms with Gasteiger partial charge in [-0.1, -0.05) is 99.3 Å². The number of nitrogens with zero attached hydrogens (tertiary/aromatic N) is 2. The number of hydrogen-bond donors (Lipinski definition) is 0. The molecule has 2 unspecified atom stereocenters. The molecule has 0 aromatic heterocycles. The minimum atomic E-state index is 0.773. The number of hydrogen-bond acceptors (Lipinski definition) is 2. The van der Waals surface area contributed by atoms with Crippen molar-refractivity contribution in [1.82, 2.24) is 9.80 Å². The van der Waals surface area contributed by atoms with Crippen LogP contribution in [-0.2, 0) is 0 Å². The van der Waals surface area contributed by atoms with Crippen LogP contribution in [-0.4, -0.2) is 48.1 Å². The van der Waals surface area contributed by atoms with Crippen molar-refractivity contribution in [3.63, 3.8) is 0 Å². The van der Waals surface area contributed by atoms with Gasteiger partial charge in [-0.25, -0.2) is 0 Å². The van der Waals surface area contributed by atoms with Crippen molar-refractivity contribution in [3.8, 4) is 0 Å². The molecule has 0 spiro atoms. The molecule has 180 valence electrons. The normalized spacial score (nSPS) is 23.0. The third kappa shape index (κ3) is 11.0. The van der Waals surface area contributed by atoms with Crippen molar-refractivity contribution in [1.29, 1.82) is 0 Å². The van der Waals surface area contributed by atoms with Crippen LogP contribution in [0.25, 0.3) is 0 Å². The monoisotopic (exact) mass is 422 g/mol. The smallest absolute Gasteiger partial charge is 0.0224 e. The van der Waals surface area contributed by atoms with Crippen LogP contribution >= 0.6 is 0 Å². The van der Waals surface area contributed by atoms with Crippen molar-refractivity contribution in [3.05, 3.63) is 0 Å². The first kappa shape index (κ1) is 28.0. The molecule has 0 aromatic carbocycles. The van der Waals surface area contributed by atoms with E-state index >= 15 is 0 Å². The minimum absolute atomic E-state index is 0.773. The Bertz CT molecular complexity index is 369. The molecular formula is C28H58N2. The van der Waals surface area contributed by atoms with Gasteiger partial charge in [-0.05, 0) is 50.5 Å². The average Bonchev–Trinajstić information content (AvgIpc) is 2.77. The summed E-state index contributed by atoms with van der Waals surface area (Å²) in [4.78, 5) is 5.79. The fourth-order valence-electron chi connectivity index (χ4n) is 5.46. The van der Waals surface area contributed by atoms with Gasteiger partial charge in [0.05, 0.1) is 0 Å². The highest BCUT2D eigenvalue weighted by molar-refractivity contribution is 4.89. The molecule has 0 radical (unpaired) electrons. The maximum absolute atomic E-state index is 2.97. The molecule has 0 amide bonds. The first-order valence-electron chi connectivity index (χ1n) is 14.1. The topological polar surface area (TPSA) is 6.48 Å². The second-order valence-electron chi connectivity index (χ2n) is 10.5. The van der Waals surface area contributed by atoms with Crippen LogP contribution in [0, 0.1) is 11.8 Å². The molecule has 1 heterocycles. The molecule has 0 saturated carbocycles. The molecule has 4 atom stereocenters. The van der Waals surface area contributed by atoms with Gasteiger partial charge < -0.3 is 4.90 Å². The van der Waals surface area contributed by atoms with Crippen LogP contribution in [0.4, 0.5) is 0 Å². The Hall–Kier alpha value is -0.0800. The summed E-state index contributed by atoms with van der Waals surface area (Å²) < 4.78 is 0. The molecule has 1 aliphatic rings. The van der Waals surface area contributed by atoms with E-state index in [1.165, 1.54) is 116 Å². The zero-order chi connectivity index (χ0) is 22.2. The minimum Gasteiger partial charge on any atom is -0.300 e. The highest BCUT2D eigenvalue weighted by Crippen LogP contribution is 2.27. The van der Waals surface area contributed by atoms with E-state index in [2.05, 4.69) is 51.3 Å². The molecule has 2 heteroatoms. The van der Waals surface area contributed by atoms with Crippen molar-refractivity contribution in [2.24, 2.45) is 11.8 Å². The second kappa shape index (κ2) is 17.5. The lowest BCUT2D eigenvalue weighted by Crippen LogP contribution is -2.59. The Morgan fingerprint density at radius 2 is 1.23 bits per heavy atom. The van der Waals surface area contributed by atoms with Gasteiger partial charge in [0.1, 0.15) is 0 Å². The van der Waals surface area contributed by atoms with E-state index in [-0.39, 0.29) is 0 Å². The summed E-state index contributed by atoms with van der Waals surface area (Å²) in [5, 5.41) is 0. The summed E-state index contributed by atoms with van der Waals surface area (Å²) in [6.45, 7) is 19.6. The Kier molecular flexibility index (Phi) is 16.3. The molecule has 30 heavy (non-hydrogen) atoms. The number of rotatable bonds is 18. The lowest BCUT2D eigenvalue weighted by atomic mass is 9.91. The van der Waals surface area contributed by atoms with Gasteiger partial charge in [-0.15, -0.1) is 0 Å². The molecule has 0 N–H and O–H groups in total. The maximum atomic E-state index is 2.97. The van der Waals surface area contributed by atoms with E-state index in [1.54, 1.807) is 0 Å². The molecule has 1 aliphatic heterocycles. The Morgan fingerprint density at radius 3 is 1.80 bits per heavy atom. The van der Waals surface area contributed by atoms with Gasteiger partial charge in [-0.2, -0.15) is 0 Å². The van der Waals surface area contributed by atoms with Gasteiger partial charge in [0.15, 0.2) is 0 Å². The van der Waals surface area contributed by atoms with E-state index in [0.29, 0.717) is 0 Å². The second-order valence-corrected chi connectivity index (χ2v) is 10.5. The third-order valence-electron chi connectivity index (χ3n) is 7.71. The van der Waals surface area contributed by atoms with Crippen molar-refractivity contribution >= 4 is 0 Å². The fraction of sp³-hybridized carbons (Fsp3) is 1.00. The molecule has 0 aromatic rings. The Balaban J connectivity index is 2.63. The van der Waals surface area contributed by atoms with E-state index in [1.807, 2.05) is 0 Å². The van der Waals surface area contributed by atoms with Gasteiger partial charge >= 0.3 is 0 Å². The molecule has 1 saturated heterocycles. The van der Waals surface area contributed by atoms with E-state index in [4.69, 9.17) is 0 Å². The average molecular weight is 423 g/mol. The summed E-state index contributed by atoms with van der Waals surface area (Å²) >= 11 is 0. The summed E-state index contributed by atoms with van der Waals surface area (Å²) in [6.07, 6.45) is 19.5.